The number of terminal acetylenes is 1. The van der Waals surface area contributed by atoms with Crippen molar-refractivity contribution in [2.24, 2.45) is 10.7 Å². The third kappa shape index (κ3) is 3.88. The van der Waals surface area contributed by atoms with Crippen LogP contribution in [0.3, 0.4) is 0 Å². The van der Waals surface area contributed by atoms with Crippen LogP contribution >= 0.6 is 6.89 Å². The molecule has 126 valence electrons. The maximum Gasteiger partial charge on any atom is 0.164 e. The van der Waals surface area contributed by atoms with Gasteiger partial charge < -0.3 is 25.6 Å². The zero-order chi connectivity index (χ0) is 17.4. The number of hydrogen-bond donors (Lipinski definition) is 3. The number of aliphatic imine (C=N–C) groups is 1. The highest BCUT2D eigenvalue weighted by atomic mass is 31.2. The molecule has 6 nitrogen and oxygen atoms in total. The van der Waals surface area contributed by atoms with E-state index in [0.29, 0.717) is 17.8 Å². The van der Waals surface area contributed by atoms with Crippen LogP contribution < -0.4 is 5.73 Å². The molecule has 0 aliphatic carbocycles. The lowest BCUT2D eigenvalue weighted by Gasteiger charge is -2.31. The SMILES string of the molecule is C#CC1=CN(C2O[C@H](CCP(=C)(C)C)[C@@H](O)[C@H]2O)C(=C)N=C1N. The van der Waals surface area contributed by atoms with E-state index in [-0.39, 0.29) is 5.84 Å². The molecule has 2 rings (SSSR count). The zero-order valence-electron chi connectivity index (χ0n) is 13.5. The van der Waals surface area contributed by atoms with Gasteiger partial charge in [0.05, 0.1) is 11.7 Å². The van der Waals surface area contributed by atoms with Crippen LogP contribution in [0.2, 0.25) is 0 Å². The van der Waals surface area contributed by atoms with Crippen molar-refractivity contribution in [2.45, 2.75) is 31.0 Å². The molecule has 4 N–H and O–H groups in total. The third-order valence-electron chi connectivity index (χ3n) is 3.88. The molecule has 2 aliphatic heterocycles. The number of aliphatic hydroxyl groups excluding tert-OH is 2. The van der Waals surface area contributed by atoms with Crippen LogP contribution in [-0.4, -0.2) is 71.3 Å². The molecule has 0 bridgehead atoms. The Hall–Kier alpha value is -1.51. The molecule has 1 saturated heterocycles. The van der Waals surface area contributed by atoms with Gasteiger partial charge in [0.2, 0.25) is 0 Å². The van der Waals surface area contributed by atoms with Crippen LogP contribution in [0, 0.1) is 12.3 Å². The van der Waals surface area contributed by atoms with E-state index >= 15 is 0 Å². The van der Waals surface area contributed by atoms with E-state index in [0.717, 1.165) is 6.16 Å². The molecular formula is C16H24N3O3P. The first-order valence-electron chi connectivity index (χ1n) is 7.33. The lowest BCUT2D eigenvalue weighted by Crippen LogP contribution is -2.42. The van der Waals surface area contributed by atoms with Crippen LogP contribution in [0.15, 0.2) is 29.2 Å². The van der Waals surface area contributed by atoms with Gasteiger partial charge in [-0.2, -0.15) is 0 Å². The summed E-state index contributed by atoms with van der Waals surface area (Å²) in [6.45, 7) is 6.80. The average Bonchev–Trinajstić information content (AvgIpc) is 2.73. The van der Waals surface area contributed by atoms with Crippen molar-refractivity contribution >= 4 is 19.0 Å². The van der Waals surface area contributed by atoms with Gasteiger partial charge in [-0.15, -0.1) is 19.6 Å². The van der Waals surface area contributed by atoms with Gasteiger partial charge in [0.15, 0.2) is 6.23 Å². The first-order valence-corrected chi connectivity index (χ1v) is 10.4. The number of hydrogen-bond acceptors (Lipinski definition) is 6. The molecule has 0 aromatic carbocycles. The molecule has 2 aliphatic rings. The van der Waals surface area contributed by atoms with Gasteiger partial charge in [-0.3, -0.25) is 0 Å². The maximum absolute atomic E-state index is 10.3. The molecule has 0 amide bonds. The molecule has 4 atom stereocenters. The Kier molecular flexibility index (Phi) is 5.07. The summed E-state index contributed by atoms with van der Waals surface area (Å²) in [7, 11) is 0. The fourth-order valence-electron chi connectivity index (χ4n) is 2.54. The molecule has 1 fully saturated rings. The summed E-state index contributed by atoms with van der Waals surface area (Å²) >= 11 is 0. The van der Waals surface area contributed by atoms with Gasteiger partial charge in [-0.25, -0.2) is 4.99 Å². The van der Waals surface area contributed by atoms with E-state index in [1.807, 2.05) is 0 Å². The lowest BCUT2D eigenvalue weighted by atomic mass is 10.1. The summed E-state index contributed by atoms with van der Waals surface area (Å²) in [5.74, 6) is 2.93. The summed E-state index contributed by atoms with van der Waals surface area (Å²) in [5.41, 5.74) is 6.11. The highest BCUT2D eigenvalue weighted by Crippen LogP contribution is 2.38. The lowest BCUT2D eigenvalue weighted by molar-refractivity contribution is -0.0579. The van der Waals surface area contributed by atoms with E-state index in [9.17, 15) is 10.2 Å². The Balaban J connectivity index is 2.15. The van der Waals surface area contributed by atoms with Crippen LogP contribution in [0.25, 0.3) is 0 Å². The molecule has 1 unspecified atom stereocenters. The number of ether oxygens (including phenoxy) is 1. The smallest absolute Gasteiger partial charge is 0.164 e. The summed E-state index contributed by atoms with van der Waals surface area (Å²) in [5, 5.41) is 20.6. The van der Waals surface area contributed by atoms with Crippen molar-refractivity contribution in [3.05, 3.63) is 24.2 Å². The first kappa shape index (κ1) is 17.8. The summed E-state index contributed by atoms with van der Waals surface area (Å²) < 4.78 is 5.85. The predicted molar refractivity (Wildman–Crippen MR) is 95.6 cm³/mol. The second-order valence-electron chi connectivity index (χ2n) is 6.50. The minimum absolute atomic E-state index is 0.196. The largest absolute Gasteiger partial charge is 0.388 e. The van der Waals surface area contributed by atoms with E-state index in [4.69, 9.17) is 16.9 Å². The normalized spacial score (nSPS) is 31.6. The fraction of sp³-hybridized carbons (Fsp3) is 0.500. The van der Waals surface area contributed by atoms with E-state index in [2.05, 4.69) is 37.1 Å². The zero-order valence-corrected chi connectivity index (χ0v) is 14.4. The topological polar surface area (TPSA) is 91.3 Å². The number of amidine groups is 1. The molecule has 0 spiro atoms. The highest BCUT2D eigenvalue weighted by Gasteiger charge is 2.45. The molecular weight excluding hydrogens is 313 g/mol. The van der Waals surface area contributed by atoms with Crippen molar-refractivity contribution in [3.8, 4) is 12.3 Å². The second-order valence-corrected chi connectivity index (χ2v) is 10.8. The van der Waals surface area contributed by atoms with Crippen molar-refractivity contribution in [2.75, 3.05) is 19.5 Å². The molecule has 0 aromatic rings. The van der Waals surface area contributed by atoms with Crippen LogP contribution in [0.4, 0.5) is 0 Å². The van der Waals surface area contributed by atoms with Crippen molar-refractivity contribution in [3.63, 3.8) is 0 Å². The monoisotopic (exact) mass is 337 g/mol. The van der Waals surface area contributed by atoms with Crippen molar-refractivity contribution < 1.29 is 14.9 Å². The molecule has 0 aromatic heterocycles. The molecule has 2 heterocycles. The van der Waals surface area contributed by atoms with Crippen molar-refractivity contribution in [1.82, 2.24) is 4.90 Å². The Morgan fingerprint density at radius 2 is 2.13 bits per heavy atom. The highest BCUT2D eigenvalue weighted by molar-refractivity contribution is 7.72. The van der Waals surface area contributed by atoms with Gasteiger partial charge in [0.1, 0.15) is 23.9 Å². The number of nitrogens with two attached hydrogens (primary N) is 1. The van der Waals surface area contributed by atoms with Crippen LogP contribution in [-0.2, 0) is 4.74 Å². The minimum atomic E-state index is -1.23. The standard InChI is InChI=1S/C16H24N3O3P/c1-6-11-9-19(10(2)18-15(11)17)16-14(21)13(20)12(22-16)7-8-23(3,4)5/h1,9,12-14,16,20-21H,2-3,7-8H2,4-5H3,(H2,17,18)/t12-,13-,14-,16?/m1/s1. The Bertz CT molecular complexity index is 643. The average molecular weight is 337 g/mol. The Morgan fingerprint density at radius 1 is 1.48 bits per heavy atom. The van der Waals surface area contributed by atoms with Gasteiger partial charge >= 0.3 is 0 Å². The molecule has 7 heteroatoms. The molecule has 0 radical (unpaired) electrons. The van der Waals surface area contributed by atoms with E-state index < -0.39 is 31.4 Å². The third-order valence-corrected chi connectivity index (χ3v) is 5.35. The van der Waals surface area contributed by atoms with E-state index in [1.165, 1.54) is 4.90 Å². The summed E-state index contributed by atoms with van der Waals surface area (Å²) in [6, 6.07) is 0. The Morgan fingerprint density at radius 3 is 2.70 bits per heavy atom. The van der Waals surface area contributed by atoms with E-state index in [1.54, 1.807) is 6.20 Å². The summed E-state index contributed by atoms with van der Waals surface area (Å²) in [6.07, 6.45) is 9.27. The van der Waals surface area contributed by atoms with Gasteiger partial charge in [0, 0.05) is 6.20 Å². The van der Waals surface area contributed by atoms with Gasteiger partial charge in [0.25, 0.3) is 0 Å². The molecule has 0 saturated carbocycles. The maximum atomic E-state index is 10.3. The van der Waals surface area contributed by atoms with Gasteiger partial charge in [-0.05, 0) is 25.9 Å². The second kappa shape index (κ2) is 6.54. The first-order chi connectivity index (χ1) is 10.6. The quantitative estimate of drug-likeness (QED) is 0.503. The predicted octanol–water partition coefficient (Wildman–Crippen LogP) is 0.194. The van der Waals surface area contributed by atoms with Gasteiger partial charge in [-0.1, -0.05) is 12.5 Å². The number of rotatable bonds is 4. The summed E-state index contributed by atoms with van der Waals surface area (Å²) in [4.78, 5) is 5.59. The van der Waals surface area contributed by atoms with Crippen molar-refractivity contribution in [1.29, 1.82) is 0 Å². The molecule has 23 heavy (non-hydrogen) atoms. The Labute approximate surface area is 137 Å². The van der Waals surface area contributed by atoms with Crippen LogP contribution in [0.5, 0.6) is 0 Å². The van der Waals surface area contributed by atoms with Crippen LogP contribution in [0.1, 0.15) is 6.42 Å². The number of aliphatic hydroxyl groups is 2. The number of nitrogens with zero attached hydrogens (tertiary/aromatic N) is 2. The minimum Gasteiger partial charge on any atom is -0.388 e. The fourth-order valence-corrected chi connectivity index (χ4v) is 3.50.